The quantitative estimate of drug-likeness (QED) is 0.115. The topological polar surface area (TPSA) is 181 Å². The number of carbonyl (C=O) groups excluding carboxylic acids is 3. The Bertz CT molecular complexity index is 1440. The van der Waals surface area contributed by atoms with Crippen molar-refractivity contribution in [1.82, 2.24) is 9.13 Å². The Balaban J connectivity index is 1.99. The van der Waals surface area contributed by atoms with E-state index < -0.39 is 60.2 Å². The third-order valence-electron chi connectivity index (χ3n) is 5.70. The van der Waals surface area contributed by atoms with Gasteiger partial charge in [-0.15, -0.1) is 0 Å². The summed E-state index contributed by atoms with van der Waals surface area (Å²) in [5.41, 5.74) is 8.82. The number of carbonyl (C=O) groups is 3. The first-order valence-electron chi connectivity index (χ1n) is 11.9. The summed E-state index contributed by atoms with van der Waals surface area (Å²) < 4.78 is 23.1. The molecule has 0 aliphatic carbocycles. The summed E-state index contributed by atoms with van der Waals surface area (Å²) in [5, 5.41) is 3.68. The van der Waals surface area contributed by atoms with Crippen molar-refractivity contribution in [3.05, 3.63) is 84.5 Å². The van der Waals surface area contributed by atoms with Crippen LogP contribution in [0.3, 0.4) is 0 Å². The van der Waals surface area contributed by atoms with E-state index in [-0.39, 0.29) is 17.7 Å². The first kappa shape index (κ1) is 28.9. The second-order valence-corrected chi connectivity index (χ2v) is 8.54. The fraction of sp³-hybridized carbons (Fsp3) is 0.400. The average molecular weight is 542 g/mol. The molecule has 0 unspecified atom stereocenters. The Hall–Kier alpha value is -4.68. The van der Waals surface area contributed by atoms with Gasteiger partial charge in [0.05, 0.1) is 12.2 Å². The molecular weight excluding hydrogens is 514 g/mol. The molecule has 3 rings (SSSR count). The van der Waals surface area contributed by atoms with Crippen molar-refractivity contribution in [3.63, 3.8) is 0 Å². The van der Waals surface area contributed by atoms with E-state index >= 15 is 0 Å². The van der Waals surface area contributed by atoms with Gasteiger partial charge >= 0.3 is 23.6 Å². The van der Waals surface area contributed by atoms with Crippen LogP contribution >= 0.6 is 0 Å². The maximum Gasteiger partial charge on any atom is 0.338 e. The highest BCUT2D eigenvalue weighted by Crippen LogP contribution is 2.34. The molecule has 2 heterocycles. The largest absolute Gasteiger partial charge is 0.463 e. The number of nitrogens with zero attached hydrogens (tertiary/aromatic N) is 5. The fourth-order valence-electron chi connectivity index (χ4n) is 3.89. The van der Waals surface area contributed by atoms with Crippen LogP contribution in [0.1, 0.15) is 41.6 Å². The van der Waals surface area contributed by atoms with Crippen LogP contribution in [0.25, 0.3) is 16.6 Å². The van der Waals surface area contributed by atoms with Crippen LogP contribution in [0, 0.1) is 13.8 Å². The van der Waals surface area contributed by atoms with Gasteiger partial charge in [0.15, 0.2) is 12.3 Å². The van der Waals surface area contributed by atoms with Gasteiger partial charge in [0.25, 0.3) is 5.56 Å². The van der Waals surface area contributed by atoms with Crippen LogP contribution in [0.2, 0.25) is 0 Å². The molecule has 1 saturated heterocycles. The smallest absolute Gasteiger partial charge is 0.338 e. The maximum atomic E-state index is 13.3. The van der Waals surface area contributed by atoms with E-state index in [9.17, 15) is 24.0 Å². The zero-order valence-corrected chi connectivity index (χ0v) is 21.7. The van der Waals surface area contributed by atoms with Gasteiger partial charge in [-0.25, -0.2) is 19.0 Å². The number of aromatic nitrogens is 2. The molecule has 1 fully saturated rings. The summed E-state index contributed by atoms with van der Waals surface area (Å²) in [6, 6.07) is 5.43. The van der Waals surface area contributed by atoms with E-state index in [1.807, 2.05) is 6.92 Å². The SMILES string of the molecule is CCOC(=O)/C=C/n1c(=O)c(C)cn([C@@H]2O[C@H](COC(=O)c3ccc(C)cc3)[C@@H](N=[N+]=[N-])[C@H]2OC(C)=O)c1=O. The van der Waals surface area contributed by atoms with Crippen LogP contribution in [-0.2, 0) is 28.5 Å². The molecule has 0 amide bonds. The minimum atomic E-state index is -1.37. The monoisotopic (exact) mass is 541 g/mol. The third-order valence-corrected chi connectivity index (χ3v) is 5.70. The van der Waals surface area contributed by atoms with E-state index in [0.29, 0.717) is 4.57 Å². The number of hydrogen-bond donors (Lipinski definition) is 0. The summed E-state index contributed by atoms with van der Waals surface area (Å²) in [7, 11) is 0. The van der Waals surface area contributed by atoms with Gasteiger partial charge in [0.1, 0.15) is 18.8 Å². The number of ether oxygens (including phenoxy) is 4. The van der Waals surface area contributed by atoms with Crippen molar-refractivity contribution in [2.45, 2.75) is 52.2 Å². The third kappa shape index (κ3) is 6.80. The number of rotatable bonds is 9. The zero-order chi connectivity index (χ0) is 28.7. The van der Waals surface area contributed by atoms with Gasteiger partial charge in [0, 0.05) is 35.9 Å². The van der Waals surface area contributed by atoms with E-state index in [2.05, 4.69) is 10.0 Å². The number of azide groups is 1. The number of benzene rings is 1. The lowest BCUT2D eigenvalue weighted by Crippen LogP contribution is -2.43. The van der Waals surface area contributed by atoms with Gasteiger partial charge < -0.3 is 18.9 Å². The van der Waals surface area contributed by atoms with Crippen molar-refractivity contribution in [2.75, 3.05) is 13.2 Å². The van der Waals surface area contributed by atoms with Gasteiger partial charge in [-0.1, -0.05) is 22.8 Å². The lowest BCUT2D eigenvalue weighted by molar-refractivity contribution is -0.153. The molecule has 0 radical (unpaired) electrons. The summed E-state index contributed by atoms with van der Waals surface area (Å²) in [5.74, 6) is -2.20. The first-order chi connectivity index (χ1) is 18.6. The summed E-state index contributed by atoms with van der Waals surface area (Å²) in [6.45, 7) is 5.69. The molecule has 1 aliphatic heterocycles. The van der Waals surface area contributed by atoms with Crippen molar-refractivity contribution < 1.29 is 33.3 Å². The van der Waals surface area contributed by atoms with E-state index in [0.717, 1.165) is 29.3 Å². The Morgan fingerprint density at radius 2 is 1.85 bits per heavy atom. The highest BCUT2D eigenvalue weighted by molar-refractivity contribution is 5.89. The number of esters is 3. The van der Waals surface area contributed by atoms with Crippen molar-refractivity contribution in [2.24, 2.45) is 5.11 Å². The van der Waals surface area contributed by atoms with Gasteiger partial charge in [0.2, 0.25) is 0 Å². The van der Waals surface area contributed by atoms with Gasteiger partial charge in [-0.05, 0) is 38.4 Å². The molecule has 0 bridgehead atoms. The zero-order valence-electron chi connectivity index (χ0n) is 21.7. The second kappa shape index (κ2) is 12.7. The Morgan fingerprint density at radius 1 is 1.15 bits per heavy atom. The molecule has 0 spiro atoms. The number of aryl methyl sites for hydroxylation is 2. The molecule has 1 aliphatic rings. The van der Waals surface area contributed by atoms with Crippen LogP contribution < -0.4 is 11.2 Å². The second-order valence-electron chi connectivity index (χ2n) is 8.54. The van der Waals surface area contributed by atoms with Crippen molar-refractivity contribution in [3.8, 4) is 0 Å². The van der Waals surface area contributed by atoms with Crippen LogP contribution in [0.5, 0.6) is 0 Å². The normalized spacial score (nSPS) is 20.3. The Kier molecular flexibility index (Phi) is 9.42. The molecule has 2 aromatic rings. The summed E-state index contributed by atoms with van der Waals surface area (Å²) >= 11 is 0. The lowest BCUT2D eigenvalue weighted by Gasteiger charge is -2.22. The molecule has 4 atom stereocenters. The van der Waals surface area contributed by atoms with Crippen LogP contribution in [0.4, 0.5) is 0 Å². The molecule has 0 N–H and O–H groups in total. The van der Waals surface area contributed by atoms with Crippen molar-refractivity contribution >= 4 is 24.1 Å². The van der Waals surface area contributed by atoms with Gasteiger partial charge in [-0.3, -0.25) is 14.2 Å². The molecule has 206 valence electrons. The van der Waals surface area contributed by atoms with Crippen LogP contribution in [-0.4, -0.2) is 58.5 Å². The summed E-state index contributed by atoms with van der Waals surface area (Å²) in [6.07, 6.45) is -0.764. The van der Waals surface area contributed by atoms with E-state index in [4.69, 9.17) is 24.5 Å². The average Bonchev–Trinajstić information content (AvgIpc) is 3.21. The molecule has 0 saturated carbocycles. The molecule has 14 nitrogen and oxygen atoms in total. The minimum Gasteiger partial charge on any atom is -0.463 e. The highest BCUT2D eigenvalue weighted by atomic mass is 16.6. The van der Waals surface area contributed by atoms with Gasteiger partial charge in [-0.2, -0.15) is 0 Å². The predicted octanol–water partition coefficient (Wildman–Crippen LogP) is 2.03. The molecule has 14 heteroatoms. The first-order valence-corrected chi connectivity index (χ1v) is 11.9. The maximum absolute atomic E-state index is 13.3. The Morgan fingerprint density at radius 3 is 2.46 bits per heavy atom. The summed E-state index contributed by atoms with van der Waals surface area (Å²) in [4.78, 5) is 64.9. The standard InChI is InChI=1S/C25H27N5O9/c1-5-36-19(32)10-11-29-22(33)15(3)12-30(25(29)35)23-21(38-16(4)31)20(27-28-26)18(39-23)13-37-24(34)17-8-6-14(2)7-9-17/h6-12,18,20-21,23H,5,13H2,1-4H3/b11-10+/t18-,20-,21-,23-/m1/s1. The van der Waals surface area contributed by atoms with E-state index in [1.165, 1.54) is 13.1 Å². The van der Waals surface area contributed by atoms with Crippen molar-refractivity contribution in [1.29, 1.82) is 0 Å². The predicted molar refractivity (Wildman–Crippen MR) is 136 cm³/mol. The lowest BCUT2D eigenvalue weighted by atomic mass is 10.1. The van der Waals surface area contributed by atoms with Crippen LogP contribution in [0.15, 0.2) is 51.2 Å². The molecule has 1 aromatic heterocycles. The number of hydrogen-bond acceptors (Lipinski definition) is 10. The van der Waals surface area contributed by atoms with E-state index in [1.54, 1.807) is 31.2 Å². The molecular formula is C25H27N5O9. The molecule has 39 heavy (non-hydrogen) atoms. The minimum absolute atomic E-state index is 0.0860. The molecule has 1 aromatic carbocycles. The highest BCUT2D eigenvalue weighted by Gasteiger charge is 2.48. The fourth-order valence-corrected chi connectivity index (χ4v) is 3.89. The Labute approximate surface area is 222 Å².